The molecule has 1 aromatic rings. The van der Waals surface area contributed by atoms with Crippen LogP contribution in [0.4, 0.5) is 0 Å². The van der Waals surface area contributed by atoms with Gasteiger partial charge in [-0.05, 0) is 37.8 Å². The molecule has 2 rings (SSSR count). The first-order valence-electron chi connectivity index (χ1n) is 7.32. The molecule has 106 valence electrons. The van der Waals surface area contributed by atoms with Crippen LogP contribution in [0.5, 0.6) is 0 Å². The summed E-state index contributed by atoms with van der Waals surface area (Å²) in [5, 5.41) is 3.75. The van der Waals surface area contributed by atoms with Crippen LogP contribution in [0.15, 0.2) is 28.7 Å². The Labute approximate surface area is 125 Å². The Morgan fingerprint density at radius 1 is 1.42 bits per heavy atom. The Balaban J connectivity index is 1.91. The Morgan fingerprint density at radius 3 is 2.95 bits per heavy atom. The predicted octanol–water partition coefficient (Wildman–Crippen LogP) is 4.45. The van der Waals surface area contributed by atoms with Gasteiger partial charge in [-0.25, -0.2) is 0 Å². The molecule has 0 spiro atoms. The molecule has 1 aliphatic rings. The molecule has 0 bridgehead atoms. The van der Waals surface area contributed by atoms with E-state index in [9.17, 15) is 0 Å². The summed E-state index contributed by atoms with van der Waals surface area (Å²) in [6, 6.07) is 9.41. The van der Waals surface area contributed by atoms with Crippen LogP contribution >= 0.6 is 15.9 Å². The quantitative estimate of drug-likeness (QED) is 0.863. The summed E-state index contributed by atoms with van der Waals surface area (Å²) in [4.78, 5) is 0. The van der Waals surface area contributed by atoms with Crippen molar-refractivity contribution in [3.8, 4) is 0 Å². The van der Waals surface area contributed by atoms with Crippen molar-refractivity contribution in [1.82, 2.24) is 5.32 Å². The van der Waals surface area contributed by atoms with E-state index in [1.54, 1.807) is 0 Å². The zero-order valence-corrected chi connectivity index (χ0v) is 13.4. The van der Waals surface area contributed by atoms with Crippen LogP contribution in [0.1, 0.15) is 51.1 Å². The number of rotatable bonds is 5. The molecule has 1 aliphatic heterocycles. The van der Waals surface area contributed by atoms with Crippen LogP contribution in [0, 0.1) is 0 Å². The first-order valence-corrected chi connectivity index (χ1v) is 8.12. The van der Waals surface area contributed by atoms with Crippen molar-refractivity contribution >= 4 is 15.9 Å². The average Bonchev–Trinajstić information content (AvgIpc) is 2.40. The maximum Gasteiger partial charge on any atom is 0.0589 e. The van der Waals surface area contributed by atoms with Crippen molar-refractivity contribution in [1.29, 1.82) is 0 Å². The monoisotopic (exact) mass is 325 g/mol. The fourth-order valence-electron chi connectivity index (χ4n) is 2.82. The molecule has 3 atom stereocenters. The van der Waals surface area contributed by atoms with Gasteiger partial charge in [-0.1, -0.05) is 47.5 Å². The summed E-state index contributed by atoms with van der Waals surface area (Å²) in [7, 11) is 0. The van der Waals surface area contributed by atoms with Crippen LogP contribution in [-0.4, -0.2) is 18.8 Å². The van der Waals surface area contributed by atoms with Gasteiger partial charge in [-0.15, -0.1) is 0 Å². The summed E-state index contributed by atoms with van der Waals surface area (Å²) in [5.41, 5.74) is 1.33. The van der Waals surface area contributed by atoms with E-state index in [0.29, 0.717) is 18.2 Å². The third-order valence-corrected chi connectivity index (χ3v) is 4.56. The smallest absolute Gasteiger partial charge is 0.0589 e. The molecule has 2 nitrogen and oxygen atoms in total. The molecule has 0 aliphatic carbocycles. The lowest BCUT2D eigenvalue weighted by atomic mass is 9.98. The molecule has 19 heavy (non-hydrogen) atoms. The minimum atomic E-state index is 0.376. The van der Waals surface area contributed by atoms with Gasteiger partial charge in [0.25, 0.3) is 0 Å². The van der Waals surface area contributed by atoms with Gasteiger partial charge >= 0.3 is 0 Å². The van der Waals surface area contributed by atoms with E-state index in [2.05, 4.69) is 59.4 Å². The number of ether oxygens (including phenoxy) is 1. The predicted molar refractivity (Wildman–Crippen MR) is 83.4 cm³/mol. The van der Waals surface area contributed by atoms with E-state index in [4.69, 9.17) is 4.74 Å². The number of hydrogen-bond donors (Lipinski definition) is 1. The molecular weight excluding hydrogens is 302 g/mol. The third kappa shape index (κ3) is 4.30. The van der Waals surface area contributed by atoms with Crippen LogP contribution in [-0.2, 0) is 4.74 Å². The van der Waals surface area contributed by atoms with E-state index >= 15 is 0 Å². The van der Waals surface area contributed by atoms with Gasteiger partial charge < -0.3 is 10.1 Å². The Bertz CT molecular complexity index is 394. The van der Waals surface area contributed by atoms with Crippen LogP contribution in [0.3, 0.4) is 0 Å². The fourth-order valence-corrected chi connectivity index (χ4v) is 3.45. The summed E-state index contributed by atoms with van der Waals surface area (Å²) in [5.74, 6) is 0. The van der Waals surface area contributed by atoms with E-state index in [1.807, 2.05) is 0 Å². The Morgan fingerprint density at radius 2 is 2.21 bits per heavy atom. The van der Waals surface area contributed by atoms with Gasteiger partial charge in [0.1, 0.15) is 0 Å². The van der Waals surface area contributed by atoms with Gasteiger partial charge in [0.05, 0.1) is 6.10 Å². The number of halogens is 1. The highest BCUT2D eigenvalue weighted by molar-refractivity contribution is 9.10. The van der Waals surface area contributed by atoms with Crippen molar-refractivity contribution < 1.29 is 4.74 Å². The second-order valence-electron chi connectivity index (χ2n) is 5.41. The molecule has 1 aromatic carbocycles. The highest BCUT2D eigenvalue weighted by Crippen LogP contribution is 2.25. The number of nitrogens with one attached hydrogen (secondary N) is 1. The summed E-state index contributed by atoms with van der Waals surface area (Å²) >= 11 is 3.63. The summed E-state index contributed by atoms with van der Waals surface area (Å²) < 4.78 is 7.00. The molecule has 0 aromatic heterocycles. The van der Waals surface area contributed by atoms with Crippen LogP contribution < -0.4 is 5.32 Å². The molecule has 2 unspecified atom stereocenters. The molecule has 0 saturated carbocycles. The van der Waals surface area contributed by atoms with Crippen molar-refractivity contribution in [2.24, 2.45) is 0 Å². The molecule has 3 heteroatoms. The maximum atomic E-state index is 5.81. The number of benzene rings is 1. The molecule has 1 heterocycles. The highest BCUT2D eigenvalue weighted by atomic mass is 79.9. The van der Waals surface area contributed by atoms with Crippen molar-refractivity contribution in [2.45, 2.75) is 57.7 Å². The maximum absolute atomic E-state index is 5.81. The Kier molecular flexibility index (Phi) is 5.86. The third-order valence-electron chi connectivity index (χ3n) is 3.84. The second-order valence-corrected chi connectivity index (χ2v) is 6.27. The highest BCUT2D eigenvalue weighted by Gasteiger charge is 2.23. The van der Waals surface area contributed by atoms with Crippen LogP contribution in [0.25, 0.3) is 0 Å². The largest absolute Gasteiger partial charge is 0.378 e. The van der Waals surface area contributed by atoms with Crippen molar-refractivity contribution in [2.75, 3.05) is 6.61 Å². The molecule has 0 amide bonds. The zero-order valence-electron chi connectivity index (χ0n) is 11.9. The van der Waals surface area contributed by atoms with E-state index in [0.717, 1.165) is 19.4 Å². The van der Waals surface area contributed by atoms with Crippen LogP contribution in [0.2, 0.25) is 0 Å². The fraction of sp³-hybridized carbons (Fsp3) is 0.625. The lowest BCUT2D eigenvalue weighted by molar-refractivity contribution is -0.00473. The minimum Gasteiger partial charge on any atom is -0.378 e. The topological polar surface area (TPSA) is 21.3 Å². The lowest BCUT2D eigenvalue weighted by Gasteiger charge is -2.32. The lowest BCUT2D eigenvalue weighted by Crippen LogP contribution is -2.40. The van der Waals surface area contributed by atoms with Crippen molar-refractivity contribution in [3.63, 3.8) is 0 Å². The second kappa shape index (κ2) is 7.41. The van der Waals surface area contributed by atoms with Gasteiger partial charge in [0.15, 0.2) is 0 Å². The van der Waals surface area contributed by atoms with Crippen molar-refractivity contribution in [3.05, 3.63) is 34.3 Å². The van der Waals surface area contributed by atoms with Gasteiger partial charge in [0, 0.05) is 23.2 Å². The summed E-state index contributed by atoms with van der Waals surface area (Å²) in [6.45, 7) is 5.36. The molecule has 1 saturated heterocycles. The van der Waals surface area contributed by atoms with Gasteiger partial charge in [-0.2, -0.15) is 0 Å². The SMILES string of the molecule is CCCC1CC(N[C@H](C)c2ccccc2Br)CCO1. The van der Waals surface area contributed by atoms with Gasteiger partial charge in [0.2, 0.25) is 0 Å². The van der Waals surface area contributed by atoms with E-state index < -0.39 is 0 Å². The average molecular weight is 326 g/mol. The summed E-state index contributed by atoms with van der Waals surface area (Å²) in [6.07, 6.45) is 5.10. The molecule has 1 N–H and O–H groups in total. The minimum absolute atomic E-state index is 0.376. The van der Waals surface area contributed by atoms with E-state index in [1.165, 1.54) is 22.9 Å². The zero-order chi connectivity index (χ0) is 13.7. The molecule has 1 fully saturated rings. The van der Waals surface area contributed by atoms with Gasteiger partial charge in [-0.3, -0.25) is 0 Å². The first kappa shape index (κ1) is 15.0. The Hall–Kier alpha value is -0.380. The normalized spacial score (nSPS) is 25.2. The van der Waals surface area contributed by atoms with E-state index in [-0.39, 0.29) is 0 Å². The molecule has 0 radical (unpaired) electrons. The standard InChI is InChI=1S/C16H24BrNO/c1-3-6-14-11-13(9-10-19-14)18-12(2)15-7-4-5-8-16(15)17/h4-5,7-8,12-14,18H,3,6,9-11H2,1-2H3/t12-,13?,14?/m1/s1. The molecular formula is C16H24BrNO. The first-order chi connectivity index (χ1) is 9.20. The number of hydrogen-bond acceptors (Lipinski definition) is 2.